The Kier molecular flexibility index (Phi) is 5.67. The monoisotopic (exact) mass is 429 g/mol. The van der Waals surface area contributed by atoms with Gasteiger partial charge in [-0.2, -0.15) is 5.26 Å². The average Bonchev–Trinajstić information content (AvgIpc) is 3.37. The van der Waals surface area contributed by atoms with E-state index in [9.17, 15) is 4.79 Å². The Balaban J connectivity index is 1.48. The Hall–Kier alpha value is -3.72. The summed E-state index contributed by atoms with van der Waals surface area (Å²) in [6.07, 6.45) is 2.20. The van der Waals surface area contributed by atoms with Gasteiger partial charge in [0.2, 0.25) is 0 Å². The summed E-state index contributed by atoms with van der Waals surface area (Å²) in [6.45, 7) is 10.7. The van der Waals surface area contributed by atoms with Crippen LogP contribution >= 0.6 is 0 Å². The lowest BCUT2D eigenvalue weighted by molar-refractivity contribution is 0.0275. The molecule has 0 bridgehead atoms. The number of carbonyl (C=O) groups is 1. The van der Waals surface area contributed by atoms with Gasteiger partial charge in [-0.05, 0) is 56.7 Å². The molecule has 6 nitrogen and oxygen atoms in total. The predicted octanol–water partition coefficient (Wildman–Crippen LogP) is 5.74. The Morgan fingerprint density at radius 1 is 1.25 bits per heavy atom. The van der Waals surface area contributed by atoms with Gasteiger partial charge in [0.15, 0.2) is 0 Å². The van der Waals surface area contributed by atoms with Gasteiger partial charge in [-0.15, -0.1) is 0 Å². The Morgan fingerprint density at radius 3 is 2.66 bits per heavy atom. The first-order valence-corrected chi connectivity index (χ1v) is 10.7. The largest absolute Gasteiger partial charge is 0.489 e. The maximum atomic E-state index is 12.3. The van der Waals surface area contributed by atoms with E-state index in [-0.39, 0.29) is 12.2 Å². The zero-order valence-corrected chi connectivity index (χ0v) is 18.6. The van der Waals surface area contributed by atoms with Crippen LogP contribution in [0.4, 0.5) is 4.79 Å². The van der Waals surface area contributed by atoms with Gasteiger partial charge < -0.3 is 19.4 Å². The molecule has 4 rings (SSSR count). The number of nitrogens with zero attached hydrogens (tertiary/aromatic N) is 2. The van der Waals surface area contributed by atoms with Crippen molar-refractivity contribution in [3.8, 4) is 22.9 Å². The van der Waals surface area contributed by atoms with Crippen LogP contribution in [0.3, 0.4) is 0 Å². The van der Waals surface area contributed by atoms with Crippen LogP contribution in [0.15, 0.2) is 49.0 Å². The van der Waals surface area contributed by atoms with Gasteiger partial charge in [-0.25, -0.2) is 4.79 Å². The van der Waals surface area contributed by atoms with E-state index in [1.807, 2.05) is 63.2 Å². The standard InChI is InChI=1S/C26H27N3O3/c1-5-22-24(21-11-6-17(15-27)14-23(21)28-22)18-7-9-19(10-8-18)31-20-12-13-29(16-20)25(30)32-26(2,3)4/h5-11,14,20,28H,1,12-13,16H2,2-4H3/t20-/m0/s1. The summed E-state index contributed by atoms with van der Waals surface area (Å²) < 4.78 is 11.6. The second-order valence-corrected chi connectivity index (χ2v) is 8.97. The normalized spacial score (nSPS) is 16.1. The molecule has 164 valence electrons. The fourth-order valence-electron chi connectivity index (χ4n) is 3.96. The molecule has 1 aliphatic heterocycles. The second kappa shape index (κ2) is 8.43. The van der Waals surface area contributed by atoms with E-state index >= 15 is 0 Å². The second-order valence-electron chi connectivity index (χ2n) is 8.97. The molecule has 2 aromatic carbocycles. The summed E-state index contributed by atoms with van der Waals surface area (Å²) in [7, 11) is 0. The molecule has 0 radical (unpaired) electrons. The molecular weight excluding hydrogens is 402 g/mol. The van der Waals surface area contributed by atoms with Crippen LogP contribution in [0.5, 0.6) is 5.75 Å². The first-order valence-electron chi connectivity index (χ1n) is 10.7. The molecule has 1 amide bonds. The first-order chi connectivity index (χ1) is 15.3. The summed E-state index contributed by atoms with van der Waals surface area (Å²) in [5.41, 5.74) is 4.00. The lowest BCUT2D eigenvalue weighted by atomic mass is 10.0. The topological polar surface area (TPSA) is 78.4 Å². The Morgan fingerprint density at radius 2 is 2.00 bits per heavy atom. The molecule has 0 spiro atoms. The zero-order chi connectivity index (χ0) is 22.9. The van der Waals surface area contributed by atoms with E-state index in [1.165, 1.54) is 0 Å². The van der Waals surface area contributed by atoms with E-state index in [2.05, 4.69) is 17.6 Å². The van der Waals surface area contributed by atoms with E-state index < -0.39 is 5.60 Å². The number of hydrogen-bond acceptors (Lipinski definition) is 4. The number of carbonyl (C=O) groups excluding carboxylic acids is 1. The number of fused-ring (bicyclic) bond motifs is 1. The molecule has 0 saturated carbocycles. The number of nitriles is 1. The van der Waals surface area contributed by atoms with Crippen LogP contribution in [0.25, 0.3) is 28.1 Å². The zero-order valence-electron chi connectivity index (χ0n) is 18.6. The van der Waals surface area contributed by atoms with E-state index in [1.54, 1.807) is 11.0 Å². The molecule has 32 heavy (non-hydrogen) atoms. The molecular formula is C26H27N3O3. The number of ether oxygens (including phenoxy) is 2. The molecule has 1 atom stereocenters. The van der Waals surface area contributed by atoms with Crippen LogP contribution in [0.2, 0.25) is 0 Å². The minimum absolute atomic E-state index is 0.0606. The SMILES string of the molecule is C=Cc1[nH]c2cc(C#N)ccc2c1-c1ccc(O[C@H]2CCN(C(=O)OC(C)(C)C)C2)cc1. The molecule has 1 N–H and O–H groups in total. The number of aromatic nitrogens is 1. The highest BCUT2D eigenvalue weighted by molar-refractivity contribution is 6.00. The van der Waals surface area contributed by atoms with Gasteiger partial charge in [-0.1, -0.05) is 24.8 Å². The fraction of sp³-hybridized carbons (Fsp3) is 0.308. The highest BCUT2D eigenvalue weighted by atomic mass is 16.6. The van der Waals surface area contributed by atoms with Crippen molar-refractivity contribution in [2.75, 3.05) is 13.1 Å². The van der Waals surface area contributed by atoms with Crippen LogP contribution in [0.1, 0.15) is 38.4 Å². The van der Waals surface area contributed by atoms with E-state index in [0.29, 0.717) is 18.7 Å². The molecule has 0 unspecified atom stereocenters. The Bertz CT molecular complexity index is 1200. The molecule has 6 heteroatoms. The van der Waals surface area contributed by atoms with Crippen LogP contribution in [-0.4, -0.2) is 40.8 Å². The summed E-state index contributed by atoms with van der Waals surface area (Å²) in [5, 5.41) is 10.2. The van der Waals surface area contributed by atoms with Gasteiger partial charge in [0.05, 0.1) is 18.2 Å². The number of hydrogen-bond donors (Lipinski definition) is 1. The van der Waals surface area contributed by atoms with Gasteiger partial charge in [0.1, 0.15) is 17.5 Å². The molecule has 1 aromatic heterocycles. The van der Waals surface area contributed by atoms with E-state index in [4.69, 9.17) is 14.7 Å². The van der Waals surface area contributed by atoms with Gasteiger partial charge in [0.25, 0.3) is 0 Å². The van der Waals surface area contributed by atoms with Crippen molar-refractivity contribution in [1.82, 2.24) is 9.88 Å². The highest BCUT2D eigenvalue weighted by Crippen LogP contribution is 2.34. The van der Waals surface area contributed by atoms with Crippen molar-refractivity contribution in [3.63, 3.8) is 0 Å². The average molecular weight is 430 g/mol. The van der Waals surface area contributed by atoms with Crippen LogP contribution in [-0.2, 0) is 4.74 Å². The number of rotatable bonds is 4. The number of amides is 1. The van der Waals surface area contributed by atoms with Crippen LogP contribution in [0, 0.1) is 11.3 Å². The maximum Gasteiger partial charge on any atom is 0.410 e. The molecule has 1 fully saturated rings. The van der Waals surface area contributed by atoms with Crippen molar-refractivity contribution in [2.45, 2.75) is 38.9 Å². The summed E-state index contributed by atoms with van der Waals surface area (Å²) in [5.74, 6) is 0.761. The van der Waals surface area contributed by atoms with Crippen molar-refractivity contribution in [2.24, 2.45) is 0 Å². The third-order valence-corrected chi connectivity index (χ3v) is 5.40. The third kappa shape index (κ3) is 4.47. The van der Waals surface area contributed by atoms with E-state index in [0.717, 1.165) is 39.9 Å². The molecule has 1 saturated heterocycles. The third-order valence-electron chi connectivity index (χ3n) is 5.40. The van der Waals surface area contributed by atoms with Crippen LogP contribution < -0.4 is 4.74 Å². The minimum atomic E-state index is -0.505. The number of likely N-dealkylation sites (tertiary alicyclic amines) is 1. The molecule has 2 heterocycles. The molecule has 0 aliphatic carbocycles. The van der Waals surface area contributed by atoms with Crippen molar-refractivity contribution in [1.29, 1.82) is 5.26 Å². The fourth-order valence-corrected chi connectivity index (χ4v) is 3.96. The molecule has 3 aromatic rings. The lowest BCUT2D eigenvalue weighted by Crippen LogP contribution is -2.36. The Labute approximate surface area is 188 Å². The predicted molar refractivity (Wildman–Crippen MR) is 125 cm³/mol. The van der Waals surface area contributed by atoms with Gasteiger partial charge >= 0.3 is 6.09 Å². The van der Waals surface area contributed by atoms with Crippen molar-refractivity contribution < 1.29 is 14.3 Å². The van der Waals surface area contributed by atoms with Gasteiger partial charge in [-0.3, -0.25) is 0 Å². The summed E-state index contributed by atoms with van der Waals surface area (Å²) in [4.78, 5) is 17.3. The highest BCUT2D eigenvalue weighted by Gasteiger charge is 2.30. The van der Waals surface area contributed by atoms with Crippen molar-refractivity contribution >= 4 is 23.1 Å². The minimum Gasteiger partial charge on any atom is -0.489 e. The summed E-state index contributed by atoms with van der Waals surface area (Å²) in [6, 6.07) is 15.7. The number of benzene rings is 2. The van der Waals surface area contributed by atoms with Gasteiger partial charge in [0, 0.05) is 35.1 Å². The quantitative estimate of drug-likeness (QED) is 0.574. The number of H-pyrrole nitrogens is 1. The lowest BCUT2D eigenvalue weighted by Gasteiger charge is -2.24. The first kappa shape index (κ1) is 21.5. The molecule has 1 aliphatic rings. The smallest absolute Gasteiger partial charge is 0.410 e. The summed E-state index contributed by atoms with van der Waals surface area (Å²) >= 11 is 0. The maximum absolute atomic E-state index is 12.3. The van der Waals surface area contributed by atoms with Crippen molar-refractivity contribution in [3.05, 3.63) is 60.3 Å². The number of aromatic amines is 1. The number of nitrogens with one attached hydrogen (secondary N) is 1.